The Morgan fingerprint density at radius 2 is 1.94 bits per heavy atom. The average molecular weight is 249 g/mol. The number of nitrogens with zero attached hydrogens (tertiary/aromatic N) is 3. The quantitative estimate of drug-likeness (QED) is 0.720. The molecular formula is C15H27N3. The molecule has 0 bridgehead atoms. The van der Waals surface area contributed by atoms with E-state index in [1.807, 2.05) is 0 Å². The molecule has 3 atom stereocenters. The minimum Gasteiger partial charge on any atom is -0.302 e. The van der Waals surface area contributed by atoms with E-state index in [-0.39, 0.29) is 5.92 Å². The third-order valence-electron chi connectivity index (χ3n) is 4.88. The van der Waals surface area contributed by atoms with Gasteiger partial charge in [-0.25, -0.2) is 0 Å². The molecule has 0 spiro atoms. The van der Waals surface area contributed by atoms with Gasteiger partial charge in [0.1, 0.15) is 0 Å². The number of hydrogen-bond acceptors (Lipinski definition) is 3. The van der Waals surface area contributed by atoms with Crippen LogP contribution in [-0.2, 0) is 0 Å². The molecule has 0 radical (unpaired) electrons. The molecule has 0 aromatic carbocycles. The van der Waals surface area contributed by atoms with Crippen LogP contribution in [0.15, 0.2) is 0 Å². The molecule has 2 fully saturated rings. The number of likely N-dealkylation sites (N-methyl/N-ethyl adjacent to an activating group) is 2. The fourth-order valence-electron chi connectivity index (χ4n) is 3.64. The van der Waals surface area contributed by atoms with Gasteiger partial charge in [0.2, 0.25) is 0 Å². The second-order valence-corrected chi connectivity index (χ2v) is 6.16. The molecule has 3 heteroatoms. The van der Waals surface area contributed by atoms with E-state index in [4.69, 9.17) is 0 Å². The third kappa shape index (κ3) is 3.24. The summed E-state index contributed by atoms with van der Waals surface area (Å²) in [6.45, 7) is 2.38. The summed E-state index contributed by atoms with van der Waals surface area (Å²) in [5, 5.41) is 9.36. The smallest absolute Gasteiger partial charge is 0.0672 e. The highest BCUT2D eigenvalue weighted by Crippen LogP contribution is 2.27. The average Bonchev–Trinajstić information content (AvgIpc) is 2.66. The Labute approximate surface area is 112 Å². The van der Waals surface area contributed by atoms with Crippen LogP contribution in [0, 0.1) is 17.2 Å². The van der Waals surface area contributed by atoms with Crippen molar-refractivity contribution in [3.05, 3.63) is 0 Å². The molecule has 1 aliphatic carbocycles. The van der Waals surface area contributed by atoms with Crippen molar-refractivity contribution < 1.29 is 0 Å². The van der Waals surface area contributed by atoms with Crippen molar-refractivity contribution in [3.8, 4) is 6.07 Å². The van der Waals surface area contributed by atoms with Crippen molar-refractivity contribution in [2.45, 2.75) is 57.0 Å². The topological polar surface area (TPSA) is 30.3 Å². The summed E-state index contributed by atoms with van der Waals surface area (Å²) < 4.78 is 0. The SMILES string of the molecule is CN1CCCC1CN(C)C1CCCCCC1C#N. The van der Waals surface area contributed by atoms with Crippen LogP contribution in [0.4, 0.5) is 0 Å². The zero-order valence-corrected chi connectivity index (χ0v) is 11.9. The number of likely N-dealkylation sites (tertiary alicyclic amines) is 1. The molecule has 2 rings (SSSR count). The Balaban J connectivity index is 1.93. The summed E-state index contributed by atoms with van der Waals surface area (Å²) in [5.41, 5.74) is 0. The lowest BCUT2D eigenvalue weighted by Crippen LogP contribution is -2.44. The zero-order valence-electron chi connectivity index (χ0n) is 11.9. The Bertz CT molecular complexity index is 297. The van der Waals surface area contributed by atoms with Crippen LogP contribution >= 0.6 is 0 Å². The van der Waals surface area contributed by atoms with Crippen molar-refractivity contribution in [1.29, 1.82) is 5.26 Å². The minimum atomic E-state index is 0.254. The zero-order chi connectivity index (χ0) is 13.0. The van der Waals surface area contributed by atoms with Crippen LogP contribution in [0.1, 0.15) is 44.9 Å². The van der Waals surface area contributed by atoms with Crippen molar-refractivity contribution in [3.63, 3.8) is 0 Å². The maximum absolute atomic E-state index is 9.36. The normalized spacial score (nSPS) is 34.4. The van der Waals surface area contributed by atoms with Crippen LogP contribution < -0.4 is 0 Å². The summed E-state index contributed by atoms with van der Waals surface area (Å²) in [7, 11) is 4.47. The Hall–Kier alpha value is -0.590. The molecule has 0 amide bonds. The van der Waals surface area contributed by atoms with Gasteiger partial charge in [0, 0.05) is 18.6 Å². The fraction of sp³-hybridized carbons (Fsp3) is 0.933. The molecule has 0 aromatic rings. The molecule has 3 nitrogen and oxygen atoms in total. The summed E-state index contributed by atoms with van der Waals surface area (Å²) in [6.07, 6.45) is 8.83. The van der Waals surface area contributed by atoms with Gasteiger partial charge in [-0.15, -0.1) is 0 Å². The van der Waals surface area contributed by atoms with Gasteiger partial charge in [0.05, 0.1) is 12.0 Å². The highest BCUT2D eigenvalue weighted by Gasteiger charge is 2.30. The Kier molecular flexibility index (Phi) is 5.03. The van der Waals surface area contributed by atoms with E-state index in [2.05, 4.69) is 30.0 Å². The van der Waals surface area contributed by atoms with E-state index in [0.29, 0.717) is 12.1 Å². The van der Waals surface area contributed by atoms with Gasteiger partial charge in [-0.3, -0.25) is 0 Å². The summed E-state index contributed by atoms with van der Waals surface area (Å²) in [5.74, 6) is 0.254. The molecule has 102 valence electrons. The van der Waals surface area contributed by atoms with E-state index in [9.17, 15) is 5.26 Å². The summed E-state index contributed by atoms with van der Waals surface area (Å²) in [6, 6.07) is 3.75. The molecule has 0 aromatic heterocycles. The Morgan fingerprint density at radius 3 is 2.61 bits per heavy atom. The molecule has 3 unspecified atom stereocenters. The first-order valence-corrected chi connectivity index (χ1v) is 7.52. The van der Waals surface area contributed by atoms with Crippen LogP contribution in [0.3, 0.4) is 0 Å². The predicted molar refractivity (Wildman–Crippen MR) is 74.3 cm³/mol. The van der Waals surface area contributed by atoms with Gasteiger partial charge in [0.15, 0.2) is 0 Å². The van der Waals surface area contributed by atoms with Gasteiger partial charge >= 0.3 is 0 Å². The van der Waals surface area contributed by atoms with Crippen molar-refractivity contribution in [1.82, 2.24) is 9.80 Å². The van der Waals surface area contributed by atoms with Gasteiger partial charge in [-0.05, 0) is 46.3 Å². The molecule has 1 saturated heterocycles. The number of nitriles is 1. The predicted octanol–water partition coefficient (Wildman–Crippen LogP) is 2.48. The van der Waals surface area contributed by atoms with E-state index in [1.54, 1.807) is 0 Å². The summed E-state index contributed by atoms with van der Waals surface area (Å²) in [4.78, 5) is 4.96. The molecule has 18 heavy (non-hydrogen) atoms. The van der Waals surface area contributed by atoms with Crippen molar-refractivity contribution in [2.75, 3.05) is 27.2 Å². The first kappa shape index (κ1) is 13.8. The molecule has 2 aliphatic rings. The van der Waals surface area contributed by atoms with Crippen LogP contribution in [-0.4, -0.2) is 49.1 Å². The number of hydrogen-bond donors (Lipinski definition) is 0. The van der Waals surface area contributed by atoms with E-state index < -0.39 is 0 Å². The highest BCUT2D eigenvalue weighted by molar-refractivity contribution is 4.95. The molecule has 0 N–H and O–H groups in total. The van der Waals surface area contributed by atoms with Gasteiger partial charge in [0.25, 0.3) is 0 Å². The van der Waals surface area contributed by atoms with Crippen LogP contribution in [0.5, 0.6) is 0 Å². The largest absolute Gasteiger partial charge is 0.302 e. The third-order valence-corrected chi connectivity index (χ3v) is 4.88. The van der Waals surface area contributed by atoms with Gasteiger partial charge in [-0.2, -0.15) is 5.26 Å². The lowest BCUT2D eigenvalue weighted by molar-refractivity contribution is 0.146. The van der Waals surface area contributed by atoms with Crippen molar-refractivity contribution >= 4 is 0 Å². The van der Waals surface area contributed by atoms with Gasteiger partial charge < -0.3 is 9.80 Å². The Morgan fingerprint density at radius 1 is 1.17 bits per heavy atom. The van der Waals surface area contributed by atoms with Crippen molar-refractivity contribution in [2.24, 2.45) is 5.92 Å². The molecular weight excluding hydrogens is 222 g/mol. The minimum absolute atomic E-state index is 0.254. The number of rotatable bonds is 3. The monoisotopic (exact) mass is 249 g/mol. The molecule has 1 saturated carbocycles. The van der Waals surface area contributed by atoms with Crippen LogP contribution in [0.25, 0.3) is 0 Å². The highest BCUT2D eigenvalue weighted by atomic mass is 15.2. The summed E-state index contributed by atoms with van der Waals surface area (Å²) >= 11 is 0. The lowest BCUT2D eigenvalue weighted by atomic mass is 9.94. The molecule has 1 aliphatic heterocycles. The second kappa shape index (κ2) is 6.54. The van der Waals surface area contributed by atoms with E-state index >= 15 is 0 Å². The second-order valence-electron chi connectivity index (χ2n) is 6.16. The fourth-order valence-corrected chi connectivity index (χ4v) is 3.64. The van der Waals surface area contributed by atoms with Crippen LogP contribution in [0.2, 0.25) is 0 Å². The van der Waals surface area contributed by atoms with E-state index in [1.165, 1.54) is 45.1 Å². The molecule has 1 heterocycles. The standard InChI is InChI=1S/C15H27N3/c1-17-10-6-8-14(17)12-18(2)15-9-5-3-4-7-13(15)11-16/h13-15H,3-10,12H2,1-2H3. The maximum atomic E-state index is 9.36. The lowest BCUT2D eigenvalue weighted by Gasteiger charge is -2.33. The first-order valence-electron chi connectivity index (χ1n) is 7.52. The van der Waals surface area contributed by atoms with E-state index in [0.717, 1.165) is 13.0 Å². The first-order chi connectivity index (χ1) is 8.72. The maximum Gasteiger partial charge on any atom is 0.0672 e. The van der Waals surface area contributed by atoms with Gasteiger partial charge in [-0.1, -0.05) is 19.3 Å².